The van der Waals surface area contributed by atoms with E-state index in [2.05, 4.69) is 5.32 Å². The van der Waals surface area contributed by atoms with Gasteiger partial charge in [-0.25, -0.2) is 8.42 Å². The smallest absolute Gasteiger partial charge is 0.311 e. The number of ketones is 1. The molecule has 18 atom stereocenters. The number of rotatable bonds is 17. The SMILES string of the molecule is CC[C@H]1OC(=O)[C@H](C)[C@@H](O[C@H]2C[C@@](C)(OC)[C@@H](O)[C@H](C)O2)[C@H](C)[C@@H](O[C@H]2O[C@H](C)C[C@H](N(C)CCC(=O)NCCCOc3ccc(S(C)(=O)=O)cc3)[C@H]2O)[C@](C)(OC)C[C@@H](C)C(=O)[C@H](C)[C@@H](O)[C@]1(C)O. The Morgan fingerprint density at radius 1 is 0.900 bits per heavy atom. The number of amides is 1. The number of sulfone groups is 1. The summed E-state index contributed by atoms with van der Waals surface area (Å²) < 4.78 is 73.6. The number of benzene rings is 1. The van der Waals surface area contributed by atoms with Gasteiger partial charge < -0.3 is 68.5 Å². The molecule has 20 heteroatoms. The van der Waals surface area contributed by atoms with E-state index in [9.17, 15) is 43.2 Å². The van der Waals surface area contributed by atoms with Gasteiger partial charge in [-0.3, -0.25) is 14.4 Å². The Labute approximate surface area is 415 Å². The van der Waals surface area contributed by atoms with Crippen LogP contribution in [0.5, 0.6) is 5.75 Å². The molecule has 3 heterocycles. The van der Waals surface area contributed by atoms with E-state index in [1.165, 1.54) is 40.2 Å². The van der Waals surface area contributed by atoms with Crippen LogP contribution >= 0.6 is 0 Å². The van der Waals surface area contributed by atoms with Crippen LogP contribution in [0.4, 0.5) is 0 Å². The van der Waals surface area contributed by atoms with Crippen molar-refractivity contribution in [2.75, 3.05) is 47.2 Å². The van der Waals surface area contributed by atoms with Crippen LogP contribution in [0.1, 0.15) is 108 Å². The van der Waals surface area contributed by atoms with Crippen molar-refractivity contribution in [3.05, 3.63) is 24.3 Å². The molecule has 3 fully saturated rings. The van der Waals surface area contributed by atoms with Crippen LogP contribution in [0.25, 0.3) is 0 Å². The van der Waals surface area contributed by atoms with E-state index in [1.807, 2.05) is 11.8 Å². The molecule has 1 aromatic carbocycles. The first-order valence-corrected chi connectivity index (χ1v) is 26.6. The maximum atomic E-state index is 14.4. The second-order valence-electron chi connectivity index (χ2n) is 20.7. The Morgan fingerprint density at radius 2 is 1.53 bits per heavy atom. The molecule has 19 nitrogen and oxygen atoms in total. The highest BCUT2D eigenvalue weighted by Crippen LogP contribution is 2.42. The Hall–Kier alpha value is -2.86. The molecule has 0 aliphatic carbocycles. The van der Waals surface area contributed by atoms with Gasteiger partial charge in [-0.15, -0.1) is 0 Å². The Morgan fingerprint density at radius 3 is 2.11 bits per heavy atom. The number of carbonyl (C=O) groups is 3. The molecule has 1 aromatic rings. The van der Waals surface area contributed by atoms with Crippen molar-refractivity contribution in [1.29, 1.82) is 0 Å². The van der Waals surface area contributed by atoms with Crippen molar-refractivity contribution in [1.82, 2.24) is 10.2 Å². The summed E-state index contributed by atoms with van der Waals surface area (Å²) >= 11 is 0. The predicted octanol–water partition coefficient (Wildman–Crippen LogP) is 3.19. The fourth-order valence-electron chi connectivity index (χ4n) is 10.3. The van der Waals surface area contributed by atoms with Gasteiger partial charge in [0.25, 0.3) is 0 Å². The van der Waals surface area contributed by atoms with Crippen LogP contribution in [0, 0.1) is 23.7 Å². The van der Waals surface area contributed by atoms with Crippen LogP contribution < -0.4 is 10.1 Å². The fourth-order valence-corrected chi connectivity index (χ4v) is 10.9. The molecule has 3 aliphatic heterocycles. The number of methoxy groups -OCH3 is 2. The van der Waals surface area contributed by atoms with Crippen molar-refractivity contribution in [2.45, 2.75) is 197 Å². The average molecular weight is 1020 g/mol. The molecule has 0 unspecified atom stereocenters. The number of likely N-dealkylation sites (N-methyl/N-ethyl adjacent to an activating group) is 1. The van der Waals surface area contributed by atoms with Crippen molar-refractivity contribution in [3.8, 4) is 5.75 Å². The molecule has 5 N–H and O–H groups in total. The van der Waals surface area contributed by atoms with Gasteiger partial charge in [0.1, 0.15) is 35.4 Å². The number of esters is 1. The van der Waals surface area contributed by atoms with E-state index in [0.29, 0.717) is 31.7 Å². The second kappa shape index (κ2) is 24.9. The van der Waals surface area contributed by atoms with Gasteiger partial charge in [0, 0.05) is 70.2 Å². The molecular weight excluding hydrogens is 933 g/mol. The van der Waals surface area contributed by atoms with Crippen LogP contribution in [0.2, 0.25) is 0 Å². The third-order valence-electron chi connectivity index (χ3n) is 15.0. The van der Waals surface area contributed by atoms with Crippen LogP contribution in [-0.2, 0) is 57.4 Å². The van der Waals surface area contributed by atoms with Gasteiger partial charge in [0.2, 0.25) is 5.91 Å². The summed E-state index contributed by atoms with van der Waals surface area (Å²) in [5.74, 6) is -4.59. The minimum atomic E-state index is -3.32. The molecule has 0 spiro atoms. The van der Waals surface area contributed by atoms with E-state index in [4.69, 9.17) is 37.9 Å². The lowest BCUT2D eigenvalue weighted by molar-refractivity contribution is -0.319. The van der Waals surface area contributed by atoms with Crippen molar-refractivity contribution < 1.29 is 81.1 Å². The first kappa shape index (κ1) is 59.7. The first-order chi connectivity index (χ1) is 32.5. The van der Waals surface area contributed by atoms with Gasteiger partial charge in [-0.2, -0.15) is 0 Å². The molecule has 70 heavy (non-hydrogen) atoms. The summed E-state index contributed by atoms with van der Waals surface area (Å²) in [7, 11) is 1.44. The number of hydrogen-bond donors (Lipinski definition) is 5. The quantitative estimate of drug-likeness (QED) is 0.111. The molecule has 0 radical (unpaired) electrons. The number of aliphatic hydroxyl groups is 4. The van der Waals surface area contributed by atoms with Gasteiger partial charge in [-0.1, -0.05) is 27.7 Å². The summed E-state index contributed by atoms with van der Waals surface area (Å²) in [6.07, 6.45) is -8.36. The van der Waals surface area contributed by atoms with E-state index in [-0.39, 0.29) is 48.8 Å². The topological polar surface area (TPSA) is 255 Å². The Balaban J connectivity index is 1.60. The summed E-state index contributed by atoms with van der Waals surface area (Å²) in [5, 5.41) is 49.4. The third kappa shape index (κ3) is 14.5. The van der Waals surface area contributed by atoms with E-state index >= 15 is 0 Å². The number of hydrogen-bond acceptors (Lipinski definition) is 18. The average Bonchev–Trinajstić information content (AvgIpc) is 3.31. The number of nitrogens with one attached hydrogen (secondary N) is 1. The molecule has 3 aliphatic rings. The monoisotopic (exact) mass is 1020 g/mol. The number of cyclic esters (lactones) is 1. The summed E-state index contributed by atoms with van der Waals surface area (Å²) in [4.78, 5) is 43.7. The van der Waals surface area contributed by atoms with E-state index in [0.717, 1.165) is 6.26 Å². The predicted molar refractivity (Wildman–Crippen MR) is 257 cm³/mol. The molecule has 0 aromatic heterocycles. The number of aliphatic hydroxyl groups excluding tert-OH is 3. The summed E-state index contributed by atoms with van der Waals surface area (Å²) in [5.41, 5.74) is -4.47. The maximum absolute atomic E-state index is 14.4. The minimum Gasteiger partial charge on any atom is -0.494 e. The highest BCUT2D eigenvalue weighted by Gasteiger charge is 2.54. The zero-order chi connectivity index (χ0) is 52.7. The molecule has 0 bridgehead atoms. The molecule has 0 saturated carbocycles. The Kier molecular flexibility index (Phi) is 21.2. The lowest BCUT2D eigenvalue weighted by atomic mass is 9.74. The summed E-state index contributed by atoms with van der Waals surface area (Å²) in [6, 6.07) is 5.58. The van der Waals surface area contributed by atoms with Crippen LogP contribution in [0.15, 0.2) is 29.2 Å². The zero-order valence-corrected chi connectivity index (χ0v) is 44.6. The fraction of sp³-hybridized carbons (Fsp3) is 0.820. The number of Topliss-reactive ketones (excluding diaryl/α,β-unsaturated/α-hetero) is 1. The van der Waals surface area contributed by atoms with Gasteiger partial charge in [-0.05, 0) is 98.5 Å². The number of carbonyl (C=O) groups excluding carboxylic acids is 3. The van der Waals surface area contributed by atoms with E-state index in [1.54, 1.807) is 67.6 Å². The Bertz CT molecular complexity index is 1970. The molecular formula is C50H84N2O17S. The van der Waals surface area contributed by atoms with E-state index < -0.39 is 124 Å². The first-order valence-electron chi connectivity index (χ1n) is 24.7. The van der Waals surface area contributed by atoms with Crippen molar-refractivity contribution in [3.63, 3.8) is 0 Å². The molecule has 4 rings (SSSR count). The van der Waals surface area contributed by atoms with Crippen molar-refractivity contribution >= 4 is 27.5 Å². The second-order valence-corrected chi connectivity index (χ2v) is 22.7. The standard InChI is InChI=1S/C50H84N2O17S/c1-15-37-50(10,59)43(56)30(4)40(54)28(2)26-49(9,63-13)45(31(5)42(32(6)46(58)67-37)68-39-27-48(8,62-12)44(57)33(7)66-39)69-47-41(55)36(25-29(3)65-47)52(11)23-21-38(53)51-22-16-24-64-34-17-19-35(20-18-34)70(14,60)61/h17-20,28-33,36-37,39,41-45,47,55-57,59H,15-16,21-27H2,1-14H3,(H,51,53)/t28-,29-,30+,31+,32-,33+,36+,37-,39+,41-,42+,43-,44+,45-,47-,48-,49-,50-/m1/s1. The molecule has 3 saturated heterocycles. The highest BCUT2D eigenvalue weighted by atomic mass is 32.2. The lowest BCUT2D eigenvalue weighted by Crippen LogP contribution is -2.61. The normalized spacial score (nSPS) is 39.5. The lowest BCUT2D eigenvalue weighted by Gasteiger charge is -2.50. The molecule has 1 amide bonds. The highest BCUT2D eigenvalue weighted by molar-refractivity contribution is 7.90. The largest absolute Gasteiger partial charge is 0.494 e. The van der Waals surface area contributed by atoms with Crippen molar-refractivity contribution in [2.24, 2.45) is 23.7 Å². The minimum absolute atomic E-state index is 0.0333. The number of nitrogens with zero attached hydrogens (tertiary/aromatic N) is 1. The number of ether oxygens (including phenoxy) is 8. The maximum Gasteiger partial charge on any atom is 0.311 e. The summed E-state index contributed by atoms with van der Waals surface area (Å²) in [6.45, 7) is 17.7. The van der Waals surface area contributed by atoms with Gasteiger partial charge in [0.15, 0.2) is 22.4 Å². The third-order valence-corrected chi connectivity index (χ3v) is 16.2. The van der Waals surface area contributed by atoms with Gasteiger partial charge in [0.05, 0.1) is 59.1 Å². The zero-order valence-electron chi connectivity index (χ0n) is 43.8. The molecule has 402 valence electrons. The van der Waals surface area contributed by atoms with Crippen LogP contribution in [0.3, 0.4) is 0 Å². The van der Waals surface area contributed by atoms with Crippen LogP contribution in [-0.4, -0.2) is 183 Å². The van der Waals surface area contributed by atoms with Gasteiger partial charge >= 0.3 is 5.97 Å².